The van der Waals surface area contributed by atoms with Gasteiger partial charge in [-0.15, -0.1) is 0 Å². The topological polar surface area (TPSA) is 68.1 Å². The Hall–Kier alpha value is -3.08. The maximum atomic E-state index is 12.6. The minimum absolute atomic E-state index is 0.123. The molecule has 0 radical (unpaired) electrons. The van der Waals surface area contributed by atoms with E-state index in [1.807, 2.05) is 44.2 Å². The van der Waals surface area contributed by atoms with Gasteiger partial charge in [-0.25, -0.2) is 4.79 Å². The molecule has 0 aromatic heterocycles. The Morgan fingerprint density at radius 2 is 1.58 bits per heavy atom. The summed E-state index contributed by atoms with van der Waals surface area (Å²) in [5, 5.41) is 3.59. The number of aliphatic imine (C=N–C) groups is 1. The van der Waals surface area contributed by atoms with Crippen LogP contribution in [-0.4, -0.2) is 29.2 Å². The van der Waals surface area contributed by atoms with Crippen LogP contribution >= 0.6 is 0 Å². The van der Waals surface area contributed by atoms with Gasteiger partial charge in [-0.05, 0) is 38.0 Å². The Morgan fingerprint density at radius 3 is 2.23 bits per heavy atom. The summed E-state index contributed by atoms with van der Waals surface area (Å²) < 4.78 is 0. The zero-order valence-corrected chi connectivity index (χ0v) is 15.2. The van der Waals surface area contributed by atoms with Gasteiger partial charge in [0.2, 0.25) is 5.78 Å². The first kappa shape index (κ1) is 17.7. The second-order valence-electron chi connectivity index (χ2n) is 6.47. The normalized spacial score (nSPS) is 14.3. The van der Waals surface area contributed by atoms with Crippen LogP contribution in [0.15, 0.2) is 52.6 Å². The van der Waals surface area contributed by atoms with Crippen molar-refractivity contribution in [2.45, 2.75) is 33.7 Å². The quantitative estimate of drug-likeness (QED) is 0.309. The lowest BCUT2D eigenvalue weighted by Crippen LogP contribution is -2.13. The van der Waals surface area contributed by atoms with Gasteiger partial charge >= 0.3 is 5.97 Å². The van der Waals surface area contributed by atoms with Gasteiger partial charge in [-0.1, -0.05) is 41.6 Å². The summed E-state index contributed by atoms with van der Waals surface area (Å²) in [6.07, 6.45) is 0. The SMILES string of the molecule is CC(=O)O/N=C(/C)C(=O)c1ccc2c(c1)C(=NC(C)C)c1ccccc1-2. The first-order valence-corrected chi connectivity index (χ1v) is 8.47. The van der Waals surface area contributed by atoms with Crippen LogP contribution in [-0.2, 0) is 9.63 Å². The lowest BCUT2D eigenvalue weighted by Gasteiger charge is -2.07. The van der Waals surface area contributed by atoms with Crippen molar-refractivity contribution < 1.29 is 14.4 Å². The molecule has 2 aromatic rings. The first-order chi connectivity index (χ1) is 12.4. The van der Waals surface area contributed by atoms with Gasteiger partial charge in [0.25, 0.3) is 0 Å². The van der Waals surface area contributed by atoms with Gasteiger partial charge in [0.05, 0.1) is 5.71 Å². The molecule has 0 saturated carbocycles. The lowest BCUT2D eigenvalue weighted by atomic mass is 9.99. The summed E-state index contributed by atoms with van der Waals surface area (Å²) >= 11 is 0. The number of Topliss-reactive ketones (excluding diaryl/α,β-unsaturated/α-hetero) is 1. The van der Waals surface area contributed by atoms with Crippen molar-refractivity contribution in [3.05, 3.63) is 59.2 Å². The number of fused-ring (bicyclic) bond motifs is 3. The number of hydrogen-bond acceptors (Lipinski definition) is 5. The monoisotopic (exact) mass is 348 g/mol. The molecule has 0 spiro atoms. The minimum atomic E-state index is -0.562. The predicted octanol–water partition coefficient (Wildman–Crippen LogP) is 4.03. The van der Waals surface area contributed by atoms with Crippen LogP contribution in [0.1, 0.15) is 49.2 Å². The highest BCUT2D eigenvalue weighted by Gasteiger charge is 2.26. The molecule has 5 heteroatoms. The van der Waals surface area contributed by atoms with Crippen LogP contribution < -0.4 is 0 Å². The van der Waals surface area contributed by atoms with Gasteiger partial charge in [0, 0.05) is 29.7 Å². The molecule has 0 fully saturated rings. The van der Waals surface area contributed by atoms with Crippen molar-refractivity contribution in [3.63, 3.8) is 0 Å². The number of hydrogen-bond donors (Lipinski definition) is 0. The molecule has 0 amide bonds. The van der Waals surface area contributed by atoms with E-state index >= 15 is 0 Å². The summed E-state index contributed by atoms with van der Waals surface area (Å²) in [6, 6.07) is 13.8. The van der Waals surface area contributed by atoms with Crippen LogP contribution in [0, 0.1) is 0 Å². The van der Waals surface area contributed by atoms with Crippen LogP contribution in [0.25, 0.3) is 11.1 Å². The van der Waals surface area contributed by atoms with Crippen LogP contribution in [0.5, 0.6) is 0 Å². The second-order valence-corrected chi connectivity index (χ2v) is 6.47. The molecule has 1 aliphatic carbocycles. The summed E-state index contributed by atoms with van der Waals surface area (Å²) in [5.74, 6) is -0.846. The molecule has 0 saturated heterocycles. The van der Waals surface area contributed by atoms with Gasteiger partial charge in [-0.2, -0.15) is 0 Å². The molecule has 0 atom stereocenters. The lowest BCUT2D eigenvalue weighted by molar-refractivity contribution is -0.140. The largest absolute Gasteiger partial charge is 0.331 e. The third-order valence-electron chi connectivity index (χ3n) is 4.04. The number of carbonyl (C=O) groups excluding carboxylic acids is 2. The van der Waals surface area contributed by atoms with Crippen molar-refractivity contribution in [1.82, 2.24) is 0 Å². The molecule has 0 unspecified atom stereocenters. The molecule has 132 valence electrons. The van der Waals surface area contributed by atoms with Gasteiger partial charge in [0.1, 0.15) is 5.71 Å². The van der Waals surface area contributed by atoms with Gasteiger partial charge < -0.3 is 4.84 Å². The van der Waals surface area contributed by atoms with Crippen molar-refractivity contribution in [3.8, 4) is 11.1 Å². The Balaban J connectivity index is 2.06. The van der Waals surface area contributed by atoms with Crippen molar-refractivity contribution in [2.24, 2.45) is 10.1 Å². The number of carbonyl (C=O) groups is 2. The van der Waals surface area contributed by atoms with Crippen LogP contribution in [0.2, 0.25) is 0 Å². The Labute approximate surface area is 152 Å². The van der Waals surface area contributed by atoms with E-state index in [-0.39, 0.29) is 17.5 Å². The molecule has 3 rings (SSSR count). The smallest absolute Gasteiger partial charge is 0.318 e. The fourth-order valence-corrected chi connectivity index (χ4v) is 2.97. The summed E-state index contributed by atoms with van der Waals surface area (Å²) in [6.45, 7) is 6.82. The van der Waals surface area contributed by atoms with Crippen LogP contribution in [0.4, 0.5) is 0 Å². The van der Waals surface area contributed by atoms with E-state index in [1.54, 1.807) is 6.07 Å². The second kappa shape index (κ2) is 7.04. The van der Waals surface area contributed by atoms with E-state index in [0.29, 0.717) is 5.56 Å². The van der Waals surface area contributed by atoms with Crippen molar-refractivity contribution in [1.29, 1.82) is 0 Å². The van der Waals surface area contributed by atoms with Gasteiger partial charge in [0.15, 0.2) is 0 Å². The molecular weight excluding hydrogens is 328 g/mol. The highest BCUT2D eigenvalue weighted by Crippen LogP contribution is 2.37. The molecule has 0 bridgehead atoms. The predicted molar refractivity (Wildman–Crippen MR) is 102 cm³/mol. The Morgan fingerprint density at radius 1 is 0.923 bits per heavy atom. The average Bonchev–Trinajstić information content (AvgIpc) is 2.92. The first-order valence-electron chi connectivity index (χ1n) is 8.47. The zero-order chi connectivity index (χ0) is 18.8. The number of oxime groups is 1. The molecule has 0 heterocycles. The third-order valence-corrected chi connectivity index (χ3v) is 4.04. The maximum Gasteiger partial charge on any atom is 0.331 e. The average molecular weight is 348 g/mol. The fourth-order valence-electron chi connectivity index (χ4n) is 2.97. The standard InChI is InChI=1S/C21H20N2O3/c1-12(2)22-20-18-8-6-5-7-16(18)17-10-9-15(11-19(17)20)21(25)13(3)23-26-14(4)24/h5-12H,1-4H3/b22-20?,23-13-. The highest BCUT2D eigenvalue weighted by molar-refractivity contribution is 6.45. The molecule has 26 heavy (non-hydrogen) atoms. The molecule has 0 aliphatic heterocycles. The van der Waals surface area contributed by atoms with E-state index in [1.165, 1.54) is 13.8 Å². The van der Waals surface area contributed by atoms with Gasteiger partial charge in [-0.3, -0.25) is 9.79 Å². The number of benzene rings is 2. The van der Waals surface area contributed by atoms with Crippen molar-refractivity contribution in [2.75, 3.05) is 0 Å². The molecule has 2 aromatic carbocycles. The van der Waals surface area contributed by atoms with Crippen molar-refractivity contribution >= 4 is 23.2 Å². The van der Waals surface area contributed by atoms with E-state index in [2.05, 4.69) is 16.1 Å². The number of nitrogens with zero attached hydrogens (tertiary/aromatic N) is 2. The number of rotatable bonds is 4. The zero-order valence-electron chi connectivity index (χ0n) is 15.2. The summed E-state index contributed by atoms with van der Waals surface area (Å²) in [7, 11) is 0. The van der Waals surface area contributed by atoms with E-state index < -0.39 is 5.97 Å². The molecule has 1 aliphatic rings. The maximum absolute atomic E-state index is 12.6. The molecular formula is C21H20N2O3. The fraction of sp³-hybridized carbons (Fsp3) is 0.238. The Bertz CT molecular complexity index is 955. The van der Waals surface area contributed by atoms with E-state index in [0.717, 1.165) is 28.0 Å². The molecule has 0 N–H and O–H groups in total. The van der Waals surface area contributed by atoms with E-state index in [4.69, 9.17) is 4.99 Å². The Kier molecular flexibility index (Phi) is 4.80. The minimum Gasteiger partial charge on any atom is -0.318 e. The third kappa shape index (κ3) is 3.33. The van der Waals surface area contributed by atoms with E-state index in [9.17, 15) is 9.59 Å². The molecule has 5 nitrogen and oxygen atoms in total. The summed E-state index contributed by atoms with van der Waals surface area (Å²) in [5.41, 5.74) is 5.70. The summed E-state index contributed by atoms with van der Waals surface area (Å²) in [4.78, 5) is 32.8. The number of ketones is 1. The highest BCUT2D eigenvalue weighted by atomic mass is 16.7. The van der Waals surface area contributed by atoms with Crippen LogP contribution in [0.3, 0.4) is 0 Å².